The monoisotopic (exact) mass is 541 g/mol. The Morgan fingerprint density at radius 3 is 2.64 bits per heavy atom. The zero-order chi connectivity index (χ0) is 28.6. The van der Waals surface area contributed by atoms with Crippen LogP contribution in [-0.4, -0.2) is 70.8 Å². The number of fused-ring (bicyclic) bond motifs is 1. The molecule has 1 unspecified atom stereocenters. The highest BCUT2D eigenvalue weighted by Gasteiger charge is 2.40. The van der Waals surface area contributed by atoms with Gasteiger partial charge < -0.3 is 19.9 Å². The molecule has 0 spiro atoms. The van der Waals surface area contributed by atoms with Crippen LogP contribution in [0.4, 0.5) is 10.5 Å². The molecule has 13 nitrogen and oxygen atoms in total. The minimum absolute atomic E-state index is 0.164. The number of carbonyl (C=O) groups is 5. The Hall–Kier alpha value is -4.12. The quantitative estimate of drug-likeness (QED) is 0.143. The lowest BCUT2D eigenvalue weighted by Gasteiger charge is -2.29. The highest BCUT2D eigenvalue weighted by atomic mass is 16.6. The van der Waals surface area contributed by atoms with Crippen LogP contribution < -0.4 is 10.6 Å². The molecule has 13 heteroatoms. The van der Waals surface area contributed by atoms with Gasteiger partial charge in [0.05, 0.1) is 0 Å². The Kier molecular flexibility index (Phi) is 9.89. The second kappa shape index (κ2) is 13.1. The zero-order valence-corrected chi connectivity index (χ0v) is 22.6. The second-order valence-corrected chi connectivity index (χ2v) is 10.5. The number of hydrogen-bond acceptors (Lipinski definition) is 7. The maximum atomic E-state index is 13.0. The van der Waals surface area contributed by atoms with Crippen molar-refractivity contribution >= 4 is 35.4 Å². The first-order chi connectivity index (χ1) is 18.5. The van der Waals surface area contributed by atoms with Crippen LogP contribution in [0.1, 0.15) is 75.2 Å². The van der Waals surface area contributed by atoms with Crippen LogP contribution in [0.5, 0.6) is 0 Å². The van der Waals surface area contributed by atoms with Crippen LogP contribution in [0.15, 0.2) is 23.3 Å². The predicted molar refractivity (Wildman–Crippen MR) is 141 cm³/mol. The maximum Gasteiger partial charge on any atom is 0.410 e. The number of carbonyl (C=O) groups excluding carboxylic acids is 5. The summed E-state index contributed by atoms with van der Waals surface area (Å²) in [6, 6.07) is 4.32. The van der Waals surface area contributed by atoms with Gasteiger partial charge in [-0.15, -0.1) is 0 Å². The molecule has 5 amide bonds. The fourth-order valence-electron chi connectivity index (χ4n) is 4.50. The van der Waals surface area contributed by atoms with Gasteiger partial charge in [0.15, 0.2) is 0 Å². The molecule has 0 aromatic heterocycles. The molecular formula is C26H35N7O6. The van der Waals surface area contributed by atoms with Gasteiger partial charge in [-0.25, -0.2) is 4.79 Å². The van der Waals surface area contributed by atoms with Crippen molar-refractivity contribution in [2.24, 2.45) is 5.11 Å². The molecule has 39 heavy (non-hydrogen) atoms. The van der Waals surface area contributed by atoms with Crippen molar-refractivity contribution in [3.63, 3.8) is 0 Å². The minimum atomic E-state index is -0.731. The molecule has 2 N–H and O–H groups in total. The van der Waals surface area contributed by atoms with Gasteiger partial charge in [-0.3, -0.25) is 24.5 Å². The lowest BCUT2D eigenvalue weighted by atomic mass is 10.0. The van der Waals surface area contributed by atoms with E-state index in [0.29, 0.717) is 49.2 Å². The van der Waals surface area contributed by atoms with Gasteiger partial charge in [0, 0.05) is 60.7 Å². The van der Waals surface area contributed by atoms with E-state index in [2.05, 4.69) is 20.7 Å². The smallest absolute Gasteiger partial charge is 0.410 e. The van der Waals surface area contributed by atoms with Gasteiger partial charge in [-0.1, -0.05) is 11.2 Å². The van der Waals surface area contributed by atoms with Crippen molar-refractivity contribution in [1.82, 2.24) is 15.1 Å². The number of anilines is 1. The molecule has 1 saturated heterocycles. The fourth-order valence-corrected chi connectivity index (χ4v) is 4.50. The SMILES string of the molecule is CC(C)(C)OC(=O)N(CCCCC(=O)Nc1cccc2c1CN(C1CCC(=O)NC1=O)C2=O)CCCN=[N+]=[N-]. The molecule has 0 bridgehead atoms. The average Bonchev–Trinajstić information content (AvgIpc) is 3.19. The van der Waals surface area contributed by atoms with Crippen molar-refractivity contribution in [1.29, 1.82) is 0 Å². The molecular weight excluding hydrogens is 506 g/mol. The lowest BCUT2D eigenvalue weighted by molar-refractivity contribution is -0.137. The summed E-state index contributed by atoms with van der Waals surface area (Å²) in [5.74, 6) is -1.38. The topological polar surface area (TPSA) is 174 Å². The number of unbranched alkanes of at least 4 members (excludes halogenated alkanes) is 1. The molecule has 2 aliphatic rings. The van der Waals surface area contributed by atoms with E-state index in [1.54, 1.807) is 43.9 Å². The summed E-state index contributed by atoms with van der Waals surface area (Å²) >= 11 is 0. The Morgan fingerprint density at radius 1 is 1.21 bits per heavy atom. The molecule has 0 radical (unpaired) electrons. The Bertz CT molecular complexity index is 1170. The van der Waals surface area contributed by atoms with Crippen molar-refractivity contribution in [3.8, 4) is 0 Å². The van der Waals surface area contributed by atoms with E-state index in [-0.39, 0.29) is 50.1 Å². The molecule has 2 heterocycles. The molecule has 1 aromatic carbocycles. The Morgan fingerprint density at radius 2 is 1.95 bits per heavy atom. The molecule has 0 aliphatic carbocycles. The number of rotatable bonds is 11. The van der Waals surface area contributed by atoms with Gasteiger partial charge in [-0.05, 0) is 64.1 Å². The molecule has 1 aromatic rings. The van der Waals surface area contributed by atoms with Gasteiger partial charge in [0.25, 0.3) is 5.91 Å². The Balaban J connectivity index is 1.53. The summed E-state index contributed by atoms with van der Waals surface area (Å²) in [6.07, 6.45) is 1.74. The second-order valence-electron chi connectivity index (χ2n) is 10.5. The van der Waals surface area contributed by atoms with Crippen molar-refractivity contribution in [3.05, 3.63) is 39.8 Å². The van der Waals surface area contributed by atoms with Crippen LogP contribution in [0.25, 0.3) is 10.4 Å². The third-order valence-electron chi connectivity index (χ3n) is 6.34. The summed E-state index contributed by atoms with van der Waals surface area (Å²) in [7, 11) is 0. The first-order valence-electron chi connectivity index (χ1n) is 13.1. The molecule has 2 aliphatic heterocycles. The zero-order valence-electron chi connectivity index (χ0n) is 22.6. The molecule has 1 fully saturated rings. The van der Waals surface area contributed by atoms with E-state index < -0.39 is 23.6 Å². The van der Waals surface area contributed by atoms with E-state index in [1.165, 1.54) is 4.90 Å². The minimum Gasteiger partial charge on any atom is -0.444 e. The molecule has 1 atom stereocenters. The summed E-state index contributed by atoms with van der Waals surface area (Å²) in [5.41, 5.74) is 9.37. The normalized spacial score (nSPS) is 16.7. The largest absolute Gasteiger partial charge is 0.444 e. The van der Waals surface area contributed by atoms with Crippen LogP contribution in [0, 0.1) is 0 Å². The summed E-state index contributed by atoms with van der Waals surface area (Å²) in [5, 5.41) is 8.65. The van der Waals surface area contributed by atoms with Crippen molar-refractivity contribution in [2.75, 3.05) is 25.0 Å². The van der Waals surface area contributed by atoms with E-state index in [4.69, 9.17) is 10.3 Å². The number of amides is 5. The van der Waals surface area contributed by atoms with Gasteiger partial charge in [0.1, 0.15) is 11.6 Å². The molecule has 0 saturated carbocycles. The fraction of sp³-hybridized carbons (Fsp3) is 0.577. The predicted octanol–water partition coefficient (Wildman–Crippen LogP) is 3.49. The average molecular weight is 542 g/mol. The highest BCUT2D eigenvalue weighted by Crippen LogP contribution is 2.32. The third-order valence-corrected chi connectivity index (χ3v) is 6.34. The third kappa shape index (κ3) is 8.18. The van der Waals surface area contributed by atoms with E-state index in [0.717, 1.165) is 0 Å². The van der Waals surface area contributed by atoms with E-state index in [1.807, 2.05) is 0 Å². The first kappa shape index (κ1) is 29.4. The number of nitrogens with zero attached hydrogens (tertiary/aromatic N) is 5. The Labute approximate surface area is 226 Å². The van der Waals surface area contributed by atoms with Crippen LogP contribution >= 0.6 is 0 Å². The van der Waals surface area contributed by atoms with Gasteiger partial charge in [-0.2, -0.15) is 0 Å². The number of benzene rings is 1. The van der Waals surface area contributed by atoms with Gasteiger partial charge >= 0.3 is 6.09 Å². The number of ether oxygens (including phenoxy) is 1. The van der Waals surface area contributed by atoms with Gasteiger partial charge in [0.2, 0.25) is 17.7 Å². The van der Waals surface area contributed by atoms with E-state index >= 15 is 0 Å². The standard InChI is InChI=1S/C26H35N7O6/c1-26(2,3)39-25(38)32(15-7-13-28-31-27)14-5-4-10-21(34)29-19-9-6-8-17-18(19)16-33(24(17)37)20-11-12-22(35)30-23(20)36/h6,8-9,20H,4-5,7,10-16H2,1-3H3,(H,29,34)(H,30,35,36). The van der Waals surface area contributed by atoms with Crippen LogP contribution in [0.3, 0.4) is 0 Å². The van der Waals surface area contributed by atoms with Crippen LogP contribution in [-0.2, 0) is 25.7 Å². The van der Waals surface area contributed by atoms with Crippen LogP contribution in [0.2, 0.25) is 0 Å². The first-order valence-corrected chi connectivity index (χ1v) is 13.1. The number of imide groups is 1. The van der Waals surface area contributed by atoms with Crippen molar-refractivity contribution < 1.29 is 28.7 Å². The summed E-state index contributed by atoms with van der Waals surface area (Å²) in [6.45, 7) is 6.53. The molecule has 210 valence electrons. The summed E-state index contributed by atoms with van der Waals surface area (Å²) < 4.78 is 5.46. The van der Waals surface area contributed by atoms with Crippen molar-refractivity contribution in [2.45, 2.75) is 77.5 Å². The number of azide groups is 1. The lowest BCUT2D eigenvalue weighted by Crippen LogP contribution is -2.52. The number of piperidine rings is 1. The van der Waals surface area contributed by atoms with E-state index in [9.17, 15) is 24.0 Å². The highest BCUT2D eigenvalue weighted by molar-refractivity contribution is 6.06. The summed E-state index contributed by atoms with van der Waals surface area (Å²) in [4.78, 5) is 67.7. The molecule has 3 rings (SSSR count). The number of hydrogen-bond donors (Lipinski definition) is 2. The maximum absolute atomic E-state index is 13.0. The number of nitrogens with one attached hydrogen (secondary N) is 2.